The molecular formula is C22H18ClF3N6S. The number of nitrogens with one attached hydrogen (secondary N) is 2. The summed E-state index contributed by atoms with van der Waals surface area (Å²) in [6, 6.07) is 14.5. The molecule has 0 radical (unpaired) electrons. The number of anilines is 2. The third kappa shape index (κ3) is 6.33. The fourth-order valence-electron chi connectivity index (χ4n) is 3.12. The molecule has 2 aromatic heterocycles. The zero-order valence-electron chi connectivity index (χ0n) is 17.1. The standard InChI is InChI=1S/C22H18ClF3N6S/c23-18-6-4-15(5-7-18)12-31-9-8-20(30-31)29-21(33)28-19-11-27-32(14-19)13-16-2-1-3-17(10-16)22(24,25)26/h1-11,14H,12-13H2,(H2,28,29,30,33). The molecule has 0 aliphatic heterocycles. The maximum atomic E-state index is 12.9. The largest absolute Gasteiger partial charge is 0.416 e. The molecule has 4 rings (SSSR count). The van der Waals surface area contributed by atoms with Crippen molar-refractivity contribution in [2.45, 2.75) is 19.3 Å². The maximum Gasteiger partial charge on any atom is 0.416 e. The Labute approximate surface area is 198 Å². The Hall–Kier alpha value is -3.37. The van der Waals surface area contributed by atoms with Gasteiger partial charge >= 0.3 is 6.18 Å². The van der Waals surface area contributed by atoms with Crippen molar-refractivity contribution in [1.82, 2.24) is 19.6 Å². The number of aromatic nitrogens is 4. The first-order chi connectivity index (χ1) is 15.7. The molecule has 0 unspecified atom stereocenters. The van der Waals surface area contributed by atoms with Crippen molar-refractivity contribution in [2.75, 3.05) is 10.6 Å². The fourth-order valence-corrected chi connectivity index (χ4v) is 3.47. The molecule has 0 fully saturated rings. The Kier molecular flexibility index (Phi) is 6.66. The molecule has 4 aromatic rings. The van der Waals surface area contributed by atoms with Gasteiger partial charge in [-0.2, -0.15) is 23.4 Å². The summed E-state index contributed by atoms with van der Waals surface area (Å²) < 4.78 is 42.0. The van der Waals surface area contributed by atoms with E-state index in [4.69, 9.17) is 23.8 Å². The van der Waals surface area contributed by atoms with Crippen molar-refractivity contribution in [1.29, 1.82) is 0 Å². The molecule has 0 saturated carbocycles. The van der Waals surface area contributed by atoms with Crippen molar-refractivity contribution in [3.63, 3.8) is 0 Å². The first-order valence-electron chi connectivity index (χ1n) is 9.79. The second-order valence-electron chi connectivity index (χ2n) is 7.23. The quantitative estimate of drug-likeness (QED) is 0.342. The fraction of sp³-hybridized carbons (Fsp3) is 0.136. The van der Waals surface area contributed by atoms with Gasteiger partial charge < -0.3 is 10.6 Å². The molecule has 0 bridgehead atoms. The summed E-state index contributed by atoms with van der Waals surface area (Å²) in [4.78, 5) is 0. The molecule has 11 heteroatoms. The van der Waals surface area contributed by atoms with E-state index < -0.39 is 11.7 Å². The van der Waals surface area contributed by atoms with Crippen molar-refractivity contribution in [3.05, 3.63) is 94.9 Å². The van der Waals surface area contributed by atoms with Crippen LogP contribution in [-0.4, -0.2) is 24.7 Å². The number of nitrogens with zero attached hydrogens (tertiary/aromatic N) is 4. The minimum atomic E-state index is -4.38. The predicted octanol–water partition coefficient (Wildman–Crippen LogP) is 5.66. The second-order valence-corrected chi connectivity index (χ2v) is 8.07. The Morgan fingerprint density at radius 3 is 2.48 bits per heavy atom. The van der Waals surface area contributed by atoms with Crippen LogP contribution in [0.25, 0.3) is 0 Å². The van der Waals surface area contributed by atoms with Gasteiger partial charge in [-0.1, -0.05) is 35.9 Å². The molecular weight excluding hydrogens is 473 g/mol. The van der Waals surface area contributed by atoms with Crippen LogP contribution in [0.1, 0.15) is 16.7 Å². The molecule has 0 amide bonds. The van der Waals surface area contributed by atoms with Gasteiger partial charge in [0.2, 0.25) is 0 Å². The van der Waals surface area contributed by atoms with Crippen molar-refractivity contribution < 1.29 is 13.2 Å². The summed E-state index contributed by atoms with van der Waals surface area (Å²) in [6.45, 7) is 0.780. The van der Waals surface area contributed by atoms with Gasteiger partial charge in [0, 0.05) is 23.5 Å². The van der Waals surface area contributed by atoms with E-state index in [0.29, 0.717) is 33.7 Å². The van der Waals surface area contributed by atoms with Crippen LogP contribution in [0.15, 0.2) is 73.2 Å². The van der Waals surface area contributed by atoms with Gasteiger partial charge in [0.05, 0.1) is 30.5 Å². The highest BCUT2D eigenvalue weighted by Gasteiger charge is 2.30. The zero-order chi connectivity index (χ0) is 23.4. The smallest absolute Gasteiger partial charge is 0.330 e. The molecule has 0 saturated heterocycles. The lowest BCUT2D eigenvalue weighted by atomic mass is 10.1. The van der Waals surface area contributed by atoms with E-state index in [1.54, 1.807) is 29.2 Å². The molecule has 0 spiro atoms. The highest BCUT2D eigenvalue weighted by atomic mass is 35.5. The van der Waals surface area contributed by atoms with Crippen molar-refractivity contribution in [2.24, 2.45) is 0 Å². The number of hydrogen-bond acceptors (Lipinski definition) is 3. The zero-order valence-corrected chi connectivity index (χ0v) is 18.6. The molecule has 6 nitrogen and oxygen atoms in total. The van der Waals surface area contributed by atoms with E-state index in [1.807, 2.05) is 30.5 Å². The Morgan fingerprint density at radius 2 is 1.73 bits per heavy atom. The Bertz CT molecular complexity index is 1250. The number of thiocarbonyl (C=S) groups is 1. The predicted molar refractivity (Wildman–Crippen MR) is 125 cm³/mol. The Balaban J connectivity index is 1.32. The van der Waals surface area contributed by atoms with Gasteiger partial charge in [0.25, 0.3) is 0 Å². The van der Waals surface area contributed by atoms with Gasteiger partial charge in [-0.05, 0) is 47.6 Å². The minimum Gasteiger partial charge on any atom is -0.330 e. The van der Waals surface area contributed by atoms with E-state index in [0.717, 1.165) is 17.7 Å². The van der Waals surface area contributed by atoms with Crippen LogP contribution in [0.3, 0.4) is 0 Å². The van der Waals surface area contributed by atoms with Crippen LogP contribution in [0.2, 0.25) is 5.02 Å². The van der Waals surface area contributed by atoms with Crippen LogP contribution in [-0.2, 0) is 19.3 Å². The first kappa shape index (κ1) is 22.8. The highest BCUT2D eigenvalue weighted by Crippen LogP contribution is 2.29. The number of benzene rings is 2. The average Bonchev–Trinajstić information content (AvgIpc) is 3.38. The van der Waals surface area contributed by atoms with Gasteiger partial charge in [0.15, 0.2) is 10.9 Å². The molecule has 2 N–H and O–H groups in total. The normalized spacial score (nSPS) is 11.4. The van der Waals surface area contributed by atoms with Crippen molar-refractivity contribution in [3.8, 4) is 0 Å². The maximum absolute atomic E-state index is 12.9. The van der Waals surface area contributed by atoms with E-state index >= 15 is 0 Å². The average molecular weight is 491 g/mol. The third-order valence-corrected chi connectivity index (χ3v) is 5.09. The van der Waals surface area contributed by atoms with Crippen molar-refractivity contribution >= 4 is 40.4 Å². The molecule has 0 aliphatic rings. The van der Waals surface area contributed by atoms with Crippen LogP contribution >= 0.6 is 23.8 Å². The van der Waals surface area contributed by atoms with Gasteiger partial charge in [0.1, 0.15) is 0 Å². The van der Waals surface area contributed by atoms with Crippen LogP contribution < -0.4 is 10.6 Å². The molecule has 0 aliphatic carbocycles. The Morgan fingerprint density at radius 1 is 0.970 bits per heavy atom. The number of hydrogen-bond donors (Lipinski definition) is 2. The molecule has 2 aromatic carbocycles. The van der Waals surface area contributed by atoms with Gasteiger partial charge in [-0.3, -0.25) is 9.36 Å². The molecule has 170 valence electrons. The summed E-state index contributed by atoms with van der Waals surface area (Å²) >= 11 is 11.2. The van der Waals surface area contributed by atoms with E-state index in [9.17, 15) is 13.2 Å². The van der Waals surface area contributed by atoms with Crippen LogP contribution in [0, 0.1) is 0 Å². The third-order valence-electron chi connectivity index (χ3n) is 4.63. The molecule has 2 heterocycles. The molecule has 0 atom stereocenters. The molecule has 33 heavy (non-hydrogen) atoms. The van der Waals surface area contributed by atoms with E-state index in [2.05, 4.69) is 20.8 Å². The first-order valence-corrected chi connectivity index (χ1v) is 10.6. The van der Waals surface area contributed by atoms with E-state index in [-0.39, 0.29) is 6.54 Å². The topological polar surface area (TPSA) is 59.7 Å². The summed E-state index contributed by atoms with van der Waals surface area (Å²) in [5, 5.41) is 15.6. The lowest BCUT2D eigenvalue weighted by Crippen LogP contribution is -2.19. The summed E-state index contributed by atoms with van der Waals surface area (Å²) in [5.74, 6) is 0.567. The second kappa shape index (κ2) is 9.63. The van der Waals surface area contributed by atoms with E-state index in [1.165, 1.54) is 10.7 Å². The van der Waals surface area contributed by atoms with Crippen LogP contribution in [0.4, 0.5) is 24.7 Å². The SMILES string of the molecule is FC(F)(F)c1cccc(Cn2cc(NC(=S)Nc3ccn(Cc4ccc(Cl)cc4)n3)cn2)c1. The van der Waals surface area contributed by atoms with Gasteiger partial charge in [-0.15, -0.1) is 0 Å². The summed E-state index contributed by atoms with van der Waals surface area (Å²) in [6.07, 6.45) is 0.646. The summed E-state index contributed by atoms with van der Waals surface area (Å²) in [7, 11) is 0. The monoisotopic (exact) mass is 490 g/mol. The number of alkyl halides is 3. The minimum absolute atomic E-state index is 0.195. The van der Waals surface area contributed by atoms with Crippen LogP contribution in [0.5, 0.6) is 0 Å². The van der Waals surface area contributed by atoms with Gasteiger partial charge in [-0.25, -0.2) is 0 Å². The summed E-state index contributed by atoms with van der Waals surface area (Å²) in [5.41, 5.74) is 1.46. The lowest BCUT2D eigenvalue weighted by molar-refractivity contribution is -0.137. The highest BCUT2D eigenvalue weighted by molar-refractivity contribution is 7.80. The number of halogens is 4. The number of rotatable bonds is 6. The lowest BCUT2D eigenvalue weighted by Gasteiger charge is -2.09.